The summed E-state index contributed by atoms with van der Waals surface area (Å²) in [4.78, 5) is 10.6. The minimum Gasteiger partial charge on any atom is -0.481 e. The van der Waals surface area contributed by atoms with Crippen LogP contribution in [0.25, 0.3) is 0 Å². The van der Waals surface area contributed by atoms with Crippen LogP contribution in [0.2, 0.25) is 0 Å². The standard InChI is InChI=1S/C14H20O4S/c1-10(2)11(3)19(17,18)9-13-6-4-12(5-7-13)8-14(15)16/h4-7,10-11H,8-9H2,1-3H3,(H,15,16). The molecule has 0 aliphatic heterocycles. The number of benzene rings is 1. The van der Waals surface area contributed by atoms with Crippen LogP contribution in [0.5, 0.6) is 0 Å². The average Bonchev–Trinajstić information content (AvgIpc) is 2.29. The molecule has 0 bridgehead atoms. The molecule has 19 heavy (non-hydrogen) atoms. The van der Waals surface area contributed by atoms with Gasteiger partial charge in [-0.05, 0) is 24.0 Å². The molecule has 1 rings (SSSR count). The number of carbonyl (C=O) groups is 1. The molecule has 0 aromatic heterocycles. The molecule has 5 heteroatoms. The van der Waals surface area contributed by atoms with Gasteiger partial charge < -0.3 is 5.11 Å². The van der Waals surface area contributed by atoms with Crippen LogP contribution in [0, 0.1) is 5.92 Å². The summed E-state index contributed by atoms with van der Waals surface area (Å²) >= 11 is 0. The van der Waals surface area contributed by atoms with Gasteiger partial charge in [-0.15, -0.1) is 0 Å². The molecule has 1 N–H and O–H groups in total. The van der Waals surface area contributed by atoms with Crippen LogP contribution in [0.15, 0.2) is 24.3 Å². The van der Waals surface area contributed by atoms with Crippen LogP contribution in [0.1, 0.15) is 31.9 Å². The van der Waals surface area contributed by atoms with Crippen molar-refractivity contribution in [3.8, 4) is 0 Å². The number of rotatable bonds is 6. The lowest BCUT2D eigenvalue weighted by Crippen LogP contribution is -2.24. The van der Waals surface area contributed by atoms with Crippen molar-refractivity contribution in [1.29, 1.82) is 0 Å². The zero-order valence-corrected chi connectivity index (χ0v) is 12.3. The van der Waals surface area contributed by atoms with Gasteiger partial charge in [0.15, 0.2) is 9.84 Å². The first-order chi connectivity index (χ1) is 8.72. The highest BCUT2D eigenvalue weighted by Gasteiger charge is 2.24. The summed E-state index contributed by atoms with van der Waals surface area (Å²) in [5.41, 5.74) is 1.37. The summed E-state index contributed by atoms with van der Waals surface area (Å²) in [6.07, 6.45) is -0.0462. The molecule has 0 heterocycles. The Balaban J connectivity index is 2.81. The molecule has 4 nitrogen and oxygen atoms in total. The molecule has 0 radical (unpaired) electrons. The first kappa shape index (κ1) is 15.7. The lowest BCUT2D eigenvalue weighted by molar-refractivity contribution is -0.136. The summed E-state index contributed by atoms with van der Waals surface area (Å²) in [5.74, 6) is -0.815. The summed E-state index contributed by atoms with van der Waals surface area (Å²) in [6, 6.07) is 6.70. The molecule has 1 unspecified atom stereocenters. The highest BCUT2D eigenvalue weighted by Crippen LogP contribution is 2.17. The second-order valence-electron chi connectivity index (χ2n) is 5.14. The van der Waals surface area contributed by atoms with E-state index in [1.807, 2.05) is 13.8 Å². The lowest BCUT2D eigenvalue weighted by Gasteiger charge is -2.16. The molecule has 1 atom stereocenters. The van der Waals surface area contributed by atoms with Crippen molar-refractivity contribution in [1.82, 2.24) is 0 Å². The van der Waals surface area contributed by atoms with Gasteiger partial charge in [0.25, 0.3) is 0 Å². The van der Waals surface area contributed by atoms with Crippen molar-refractivity contribution in [2.75, 3.05) is 0 Å². The van der Waals surface area contributed by atoms with Crippen LogP contribution >= 0.6 is 0 Å². The highest BCUT2D eigenvalue weighted by molar-refractivity contribution is 7.91. The monoisotopic (exact) mass is 284 g/mol. The minimum atomic E-state index is -3.16. The third kappa shape index (κ3) is 4.67. The first-order valence-corrected chi connectivity index (χ1v) is 7.95. The Kier molecular flexibility index (Phi) is 5.11. The average molecular weight is 284 g/mol. The number of sulfone groups is 1. The Hall–Kier alpha value is -1.36. The van der Waals surface area contributed by atoms with Gasteiger partial charge in [-0.1, -0.05) is 38.1 Å². The van der Waals surface area contributed by atoms with Gasteiger partial charge in [-0.2, -0.15) is 0 Å². The molecule has 0 spiro atoms. The third-order valence-electron chi connectivity index (χ3n) is 3.25. The van der Waals surface area contributed by atoms with Gasteiger partial charge in [0.2, 0.25) is 0 Å². The normalized spacial score (nSPS) is 13.5. The van der Waals surface area contributed by atoms with Crippen molar-refractivity contribution >= 4 is 15.8 Å². The van der Waals surface area contributed by atoms with E-state index in [0.29, 0.717) is 11.1 Å². The second kappa shape index (κ2) is 6.19. The topological polar surface area (TPSA) is 71.4 Å². The van der Waals surface area contributed by atoms with Crippen LogP contribution < -0.4 is 0 Å². The Morgan fingerprint density at radius 3 is 2.00 bits per heavy atom. The molecular weight excluding hydrogens is 264 g/mol. The number of carboxylic acids is 1. The Morgan fingerprint density at radius 2 is 1.58 bits per heavy atom. The molecule has 106 valence electrons. The van der Waals surface area contributed by atoms with E-state index in [1.165, 1.54) is 0 Å². The fourth-order valence-electron chi connectivity index (χ4n) is 1.71. The number of hydrogen-bond acceptors (Lipinski definition) is 3. The van der Waals surface area contributed by atoms with Crippen molar-refractivity contribution in [2.24, 2.45) is 5.92 Å². The molecule has 0 aliphatic carbocycles. The zero-order valence-electron chi connectivity index (χ0n) is 11.5. The van der Waals surface area contributed by atoms with E-state index in [0.717, 1.165) is 0 Å². The van der Waals surface area contributed by atoms with Gasteiger partial charge in [0, 0.05) is 0 Å². The van der Waals surface area contributed by atoms with Crippen molar-refractivity contribution < 1.29 is 18.3 Å². The number of aliphatic carboxylic acids is 1. The molecule has 0 saturated carbocycles. The van der Waals surface area contributed by atoms with E-state index in [2.05, 4.69) is 0 Å². The summed E-state index contributed by atoms with van der Waals surface area (Å²) in [7, 11) is -3.16. The van der Waals surface area contributed by atoms with Gasteiger partial charge in [0.05, 0.1) is 17.4 Å². The van der Waals surface area contributed by atoms with E-state index < -0.39 is 15.8 Å². The van der Waals surface area contributed by atoms with Gasteiger partial charge >= 0.3 is 5.97 Å². The fourth-order valence-corrected chi connectivity index (χ4v) is 3.46. The maximum Gasteiger partial charge on any atom is 0.307 e. The Labute approximate surface area is 114 Å². The minimum absolute atomic E-state index is 0.000300. The highest BCUT2D eigenvalue weighted by atomic mass is 32.2. The van der Waals surface area contributed by atoms with E-state index >= 15 is 0 Å². The molecular formula is C14H20O4S. The van der Waals surface area contributed by atoms with E-state index in [1.54, 1.807) is 31.2 Å². The molecule has 0 saturated heterocycles. The number of hydrogen-bond donors (Lipinski definition) is 1. The third-order valence-corrected chi connectivity index (χ3v) is 5.66. The van der Waals surface area contributed by atoms with Gasteiger partial charge in [-0.3, -0.25) is 4.79 Å². The van der Waals surface area contributed by atoms with Crippen molar-refractivity contribution in [2.45, 2.75) is 38.2 Å². The predicted octanol–water partition coefficient (Wildman–Crippen LogP) is 2.27. The van der Waals surface area contributed by atoms with Gasteiger partial charge in [-0.25, -0.2) is 8.42 Å². The quantitative estimate of drug-likeness (QED) is 0.870. The molecule has 0 aliphatic rings. The van der Waals surface area contributed by atoms with Crippen LogP contribution in [-0.4, -0.2) is 24.7 Å². The fraction of sp³-hybridized carbons (Fsp3) is 0.500. The SMILES string of the molecule is CC(C)C(C)S(=O)(=O)Cc1ccc(CC(=O)O)cc1. The lowest BCUT2D eigenvalue weighted by atomic mass is 10.1. The largest absolute Gasteiger partial charge is 0.481 e. The first-order valence-electron chi connectivity index (χ1n) is 6.23. The maximum atomic E-state index is 12.1. The smallest absolute Gasteiger partial charge is 0.307 e. The van der Waals surface area contributed by atoms with E-state index in [4.69, 9.17) is 5.11 Å². The van der Waals surface area contributed by atoms with Gasteiger partial charge in [0.1, 0.15) is 0 Å². The summed E-state index contributed by atoms with van der Waals surface area (Å²) in [5, 5.41) is 8.28. The Morgan fingerprint density at radius 1 is 1.11 bits per heavy atom. The second-order valence-corrected chi connectivity index (χ2v) is 7.50. The zero-order chi connectivity index (χ0) is 14.6. The predicted molar refractivity (Wildman–Crippen MR) is 74.7 cm³/mol. The van der Waals surface area contributed by atoms with E-state index in [-0.39, 0.29) is 23.3 Å². The van der Waals surface area contributed by atoms with Crippen LogP contribution in [0.4, 0.5) is 0 Å². The number of carboxylic acid groups (broad SMARTS) is 1. The van der Waals surface area contributed by atoms with Crippen molar-refractivity contribution in [3.63, 3.8) is 0 Å². The molecule has 0 fully saturated rings. The van der Waals surface area contributed by atoms with Crippen LogP contribution in [0.3, 0.4) is 0 Å². The van der Waals surface area contributed by atoms with E-state index in [9.17, 15) is 13.2 Å². The van der Waals surface area contributed by atoms with Crippen molar-refractivity contribution in [3.05, 3.63) is 35.4 Å². The Bertz CT molecular complexity index is 529. The summed E-state index contributed by atoms with van der Waals surface area (Å²) < 4.78 is 24.2. The van der Waals surface area contributed by atoms with Crippen LogP contribution in [-0.2, 0) is 26.8 Å². The molecule has 1 aromatic carbocycles. The summed E-state index contributed by atoms with van der Waals surface area (Å²) in [6.45, 7) is 5.50. The molecule has 1 aromatic rings. The maximum absolute atomic E-state index is 12.1. The molecule has 0 amide bonds.